The third kappa shape index (κ3) is 2.33. The van der Waals surface area contributed by atoms with Crippen LogP contribution in [0.25, 0.3) is 16.8 Å². The number of imidazole rings is 1. The quantitative estimate of drug-likeness (QED) is 0.749. The van der Waals surface area contributed by atoms with Crippen molar-refractivity contribution in [1.82, 2.24) is 9.38 Å². The molecule has 3 aromatic rings. The van der Waals surface area contributed by atoms with E-state index in [-0.39, 0.29) is 5.69 Å². The average molecular weight is 281 g/mol. The molecule has 21 heavy (non-hydrogen) atoms. The highest BCUT2D eigenvalue weighted by Gasteiger charge is 2.15. The zero-order chi connectivity index (χ0) is 14.8. The minimum atomic E-state index is -0.443. The molecule has 5 heteroatoms. The standard InChI is InChI=1S/C16H15N3O2/c1-2-21-16(20)13-10-19-9-8-12(14(17)15(19)18-13)11-6-4-3-5-7-11/h3-10H,2,17H2,1H3. The molecule has 0 aliphatic heterocycles. The van der Waals surface area contributed by atoms with Gasteiger partial charge in [-0.3, -0.25) is 0 Å². The molecule has 1 aromatic carbocycles. The van der Waals surface area contributed by atoms with Crippen molar-refractivity contribution in [3.8, 4) is 11.1 Å². The van der Waals surface area contributed by atoms with Gasteiger partial charge in [-0.05, 0) is 18.6 Å². The maximum Gasteiger partial charge on any atom is 0.358 e. The maximum absolute atomic E-state index is 11.7. The van der Waals surface area contributed by atoms with E-state index in [0.29, 0.717) is 17.9 Å². The summed E-state index contributed by atoms with van der Waals surface area (Å²) in [6.45, 7) is 2.08. The number of carbonyl (C=O) groups excluding carboxylic acids is 1. The fraction of sp³-hybridized carbons (Fsp3) is 0.125. The number of esters is 1. The third-order valence-corrected chi connectivity index (χ3v) is 3.23. The number of ether oxygens (including phenoxy) is 1. The molecule has 3 rings (SSSR count). The summed E-state index contributed by atoms with van der Waals surface area (Å²) in [5.74, 6) is -0.443. The number of nitrogens with zero attached hydrogens (tertiary/aromatic N) is 2. The van der Waals surface area contributed by atoms with Crippen molar-refractivity contribution >= 4 is 17.3 Å². The van der Waals surface area contributed by atoms with E-state index in [1.54, 1.807) is 17.5 Å². The number of nitrogen functional groups attached to an aromatic ring is 1. The molecule has 0 saturated carbocycles. The monoisotopic (exact) mass is 281 g/mol. The molecule has 106 valence electrons. The molecule has 0 atom stereocenters. The number of nitrogens with two attached hydrogens (primary N) is 1. The van der Waals surface area contributed by atoms with E-state index in [0.717, 1.165) is 11.1 Å². The minimum absolute atomic E-state index is 0.258. The molecule has 0 aliphatic rings. The molecule has 0 fully saturated rings. The van der Waals surface area contributed by atoms with E-state index in [2.05, 4.69) is 4.98 Å². The maximum atomic E-state index is 11.7. The van der Waals surface area contributed by atoms with Crippen LogP contribution in [0.2, 0.25) is 0 Å². The van der Waals surface area contributed by atoms with Gasteiger partial charge in [-0.25, -0.2) is 9.78 Å². The normalized spacial score (nSPS) is 10.7. The van der Waals surface area contributed by atoms with Crippen LogP contribution in [0.4, 0.5) is 5.69 Å². The summed E-state index contributed by atoms with van der Waals surface area (Å²) in [6, 6.07) is 11.7. The van der Waals surface area contributed by atoms with E-state index in [1.165, 1.54) is 0 Å². The van der Waals surface area contributed by atoms with Gasteiger partial charge in [0.1, 0.15) is 0 Å². The number of anilines is 1. The van der Waals surface area contributed by atoms with E-state index in [1.807, 2.05) is 42.6 Å². The highest BCUT2D eigenvalue weighted by Crippen LogP contribution is 2.28. The van der Waals surface area contributed by atoms with Gasteiger partial charge in [-0.15, -0.1) is 0 Å². The van der Waals surface area contributed by atoms with Gasteiger partial charge in [0, 0.05) is 18.0 Å². The van der Waals surface area contributed by atoms with Crippen molar-refractivity contribution in [2.45, 2.75) is 6.92 Å². The first-order chi connectivity index (χ1) is 10.2. The molecule has 0 amide bonds. The van der Waals surface area contributed by atoms with Gasteiger partial charge in [-0.1, -0.05) is 30.3 Å². The molecule has 0 radical (unpaired) electrons. The number of pyridine rings is 1. The zero-order valence-corrected chi connectivity index (χ0v) is 11.6. The fourth-order valence-electron chi connectivity index (χ4n) is 2.24. The molecule has 0 unspecified atom stereocenters. The van der Waals surface area contributed by atoms with Gasteiger partial charge >= 0.3 is 5.97 Å². The Morgan fingerprint density at radius 1 is 1.29 bits per heavy atom. The number of hydrogen-bond donors (Lipinski definition) is 1. The van der Waals surface area contributed by atoms with Crippen molar-refractivity contribution in [3.05, 3.63) is 54.5 Å². The van der Waals surface area contributed by atoms with Crippen LogP contribution in [-0.2, 0) is 4.74 Å². The molecule has 2 heterocycles. The van der Waals surface area contributed by atoms with Gasteiger partial charge < -0.3 is 14.9 Å². The molecule has 2 N–H and O–H groups in total. The molecular formula is C16H15N3O2. The fourth-order valence-corrected chi connectivity index (χ4v) is 2.24. The van der Waals surface area contributed by atoms with Crippen LogP contribution in [0, 0.1) is 0 Å². The Morgan fingerprint density at radius 3 is 2.76 bits per heavy atom. The lowest BCUT2D eigenvalue weighted by atomic mass is 10.1. The second-order valence-electron chi connectivity index (χ2n) is 4.59. The summed E-state index contributed by atoms with van der Waals surface area (Å²) in [7, 11) is 0. The number of aromatic nitrogens is 2. The van der Waals surface area contributed by atoms with E-state index >= 15 is 0 Å². The smallest absolute Gasteiger partial charge is 0.358 e. The van der Waals surface area contributed by atoms with Crippen molar-refractivity contribution < 1.29 is 9.53 Å². The predicted molar refractivity (Wildman–Crippen MR) is 81.0 cm³/mol. The van der Waals surface area contributed by atoms with Gasteiger partial charge in [0.2, 0.25) is 0 Å². The first-order valence-electron chi connectivity index (χ1n) is 6.70. The Hall–Kier alpha value is -2.82. The first kappa shape index (κ1) is 13.2. The van der Waals surface area contributed by atoms with Crippen LogP contribution in [0.1, 0.15) is 17.4 Å². The average Bonchev–Trinajstić information content (AvgIpc) is 2.94. The van der Waals surface area contributed by atoms with Crippen LogP contribution in [0.3, 0.4) is 0 Å². The molecule has 0 saturated heterocycles. The van der Waals surface area contributed by atoms with Gasteiger partial charge in [0.05, 0.1) is 12.3 Å². The number of fused-ring (bicyclic) bond motifs is 1. The van der Waals surface area contributed by atoms with Crippen LogP contribution in [0.15, 0.2) is 48.8 Å². The number of hydrogen-bond acceptors (Lipinski definition) is 4. The predicted octanol–water partition coefficient (Wildman–Crippen LogP) is 2.76. The lowest BCUT2D eigenvalue weighted by Crippen LogP contribution is -2.04. The Labute approximate surface area is 122 Å². The Balaban J connectivity index is 2.11. The Morgan fingerprint density at radius 2 is 2.05 bits per heavy atom. The van der Waals surface area contributed by atoms with E-state index < -0.39 is 5.97 Å². The molecular weight excluding hydrogens is 266 g/mol. The van der Waals surface area contributed by atoms with Crippen molar-refractivity contribution in [1.29, 1.82) is 0 Å². The summed E-state index contributed by atoms with van der Waals surface area (Å²) in [5.41, 5.74) is 9.46. The van der Waals surface area contributed by atoms with Crippen LogP contribution >= 0.6 is 0 Å². The summed E-state index contributed by atoms with van der Waals surface area (Å²) in [5, 5.41) is 0. The second kappa shape index (κ2) is 5.28. The van der Waals surface area contributed by atoms with Crippen molar-refractivity contribution in [2.24, 2.45) is 0 Å². The highest BCUT2D eigenvalue weighted by molar-refractivity contribution is 5.91. The Bertz CT molecular complexity index is 794. The van der Waals surface area contributed by atoms with Crippen molar-refractivity contribution in [3.63, 3.8) is 0 Å². The summed E-state index contributed by atoms with van der Waals surface area (Å²) in [4.78, 5) is 16.0. The lowest BCUT2D eigenvalue weighted by Gasteiger charge is -2.06. The Kier molecular flexibility index (Phi) is 3.31. The number of carbonyl (C=O) groups is 1. The topological polar surface area (TPSA) is 69.6 Å². The minimum Gasteiger partial charge on any atom is -0.461 e. The van der Waals surface area contributed by atoms with E-state index in [9.17, 15) is 4.79 Å². The largest absolute Gasteiger partial charge is 0.461 e. The molecule has 2 aromatic heterocycles. The van der Waals surface area contributed by atoms with Crippen molar-refractivity contribution in [2.75, 3.05) is 12.3 Å². The summed E-state index contributed by atoms with van der Waals surface area (Å²) < 4.78 is 6.69. The summed E-state index contributed by atoms with van der Waals surface area (Å²) in [6.07, 6.45) is 3.46. The van der Waals surface area contributed by atoms with Crippen LogP contribution in [-0.4, -0.2) is 22.0 Å². The number of benzene rings is 1. The third-order valence-electron chi connectivity index (χ3n) is 3.23. The lowest BCUT2D eigenvalue weighted by molar-refractivity contribution is 0.0520. The highest BCUT2D eigenvalue weighted by atomic mass is 16.5. The molecule has 0 bridgehead atoms. The number of rotatable bonds is 3. The first-order valence-corrected chi connectivity index (χ1v) is 6.70. The van der Waals surface area contributed by atoms with Crippen LogP contribution in [0.5, 0.6) is 0 Å². The molecule has 5 nitrogen and oxygen atoms in total. The molecule has 0 spiro atoms. The van der Waals surface area contributed by atoms with Gasteiger partial charge in [0.25, 0.3) is 0 Å². The summed E-state index contributed by atoms with van der Waals surface area (Å²) >= 11 is 0. The van der Waals surface area contributed by atoms with Crippen LogP contribution < -0.4 is 5.73 Å². The van der Waals surface area contributed by atoms with Gasteiger partial charge in [0.15, 0.2) is 11.3 Å². The molecule has 0 aliphatic carbocycles. The SMILES string of the molecule is CCOC(=O)c1cn2ccc(-c3ccccc3)c(N)c2n1. The van der Waals surface area contributed by atoms with E-state index in [4.69, 9.17) is 10.5 Å². The second-order valence-corrected chi connectivity index (χ2v) is 4.59. The zero-order valence-electron chi connectivity index (χ0n) is 11.6. The van der Waals surface area contributed by atoms with Gasteiger partial charge in [-0.2, -0.15) is 0 Å².